The zero-order valence-electron chi connectivity index (χ0n) is 10.4. The van der Waals surface area contributed by atoms with Crippen LogP contribution in [0.4, 0.5) is 0 Å². The van der Waals surface area contributed by atoms with Crippen molar-refractivity contribution in [2.45, 2.75) is 19.0 Å². The maximum atomic E-state index is 12.0. The van der Waals surface area contributed by atoms with Gasteiger partial charge < -0.3 is 10.3 Å². The Morgan fingerprint density at radius 2 is 2.37 bits per heavy atom. The summed E-state index contributed by atoms with van der Waals surface area (Å²) in [5.41, 5.74) is 1.64. The van der Waals surface area contributed by atoms with Crippen molar-refractivity contribution >= 4 is 34.3 Å². The van der Waals surface area contributed by atoms with Crippen LogP contribution >= 0.6 is 23.4 Å². The lowest BCUT2D eigenvalue weighted by atomic mass is 10.2. The number of pyridine rings is 1. The summed E-state index contributed by atoms with van der Waals surface area (Å²) in [6.07, 6.45) is 1.20. The summed E-state index contributed by atoms with van der Waals surface area (Å²) in [7, 11) is 0. The third-order valence-electron chi connectivity index (χ3n) is 3.38. The molecule has 1 aromatic carbocycles. The highest BCUT2D eigenvalue weighted by Crippen LogP contribution is 2.20. The van der Waals surface area contributed by atoms with Crippen LogP contribution in [0.3, 0.4) is 0 Å². The molecule has 0 spiro atoms. The van der Waals surface area contributed by atoms with Crippen molar-refractivity contribution in [3.05, 3.63) is 45.2 Å². The van der Waals surface area contributed by atoms with Gasteiger partial charge >= 0.3 is 0 Å². The fourth-order valence-electron chi connectivity index (χ4n) is 2.33. The Kier molecular flexibility index (Phi) is 3.82. The van der Waals surface area contributed by atoms with E-state index in [0.717, 1.165) is 17.0 Å². The Morgan fingerprint density at radius 3 is 3.16 bits per heavy atom. The van der Waals surface area contributed by atoms with E-state index in [9.17, 15) is 4.79 Å². The summed E-state index contributed by atoms with van der Waals surface area (Å²) in [5.74, 6) is 2.37. The number of H-pyrrole nitrogens is 1. The predicted molar refractivity (Wildman–Crippen MR) is 82.1 cm³/mol. The van der Waals surface area contributed by atoms with Crippen LogP contribution in [0.2, 0.25) is 5.02 Å². The van der Waals surface area contributed by atoms with Crippen molar-refractivity contribution in [2.75, 3.05) is 11.5 Å². The number of fused-ring (bicyclic) bond motifs is 1. The molecule has 0 aliphatic carbocycles. The van der Waals surface area contributed by atoms with Crippen molar-refractivity contribution < 1.29 is 0 Å². The van der Waals surface area contributed by atoms with Crippen molar-refractivity contribution in [1.29, 1.82) is 0 Å². The maximum Gasteiger partial charge on any atom is 0.189 e. The van der Waals surface area contributed by atoms with Gasteiger partial charge in [-0.25, -0.2) is 0 Å². The molecule has 1 fully saturated rings. The number of hydrogen-bond acceptors (Lipinski definition) is 3. The van der Waals surface area contributed by atoms with Crippen LogP contribution in [0, 0.1) is 0 Å². The lowest BCUT2D eigenvalue weighted by molar-refractivity contribution is 0.552. The minimum atomic E-state index is 0.0221. The lowest BCUT2D eigenvalue weighted by Gasteiger charge is -2.11. The Hall–Kier alpha value is -0.970. The van der Waals surface area contributed by atoms with Gasteiger partial charge in [-0.05, 0) is 24.3 Å². The van der Waals surface area contributed by atoms with Crippen LogP contribution in [0.25, 0.3) is 10.9 Å². The van der Waals surface area contributed by atoms with E-state index >= 15 is 0 Å². The summed E-state index contributed by atoms with van der Waals surface area (Å²) in [6, 6.07) is 7.60. The summed E-state index contributed by atoms with van der Waals surface area (Å²) in [5, 5.41) is 4.71. The Balaban J connectivity index is 1.87. The summed E-state index contributed by atoms with van der Waals surface area (Å²) < 4.78 is 0. The third-order valence-corrected chi connectivity index (χ3v) is 4.86. The van der Waals surface area contributed by atoms with E-state index in [1.807, 2.05) is 11.8 Å². The first-order valence-electron chi connectivity index (χ1n) is 6.35. The van der Waals surface area contributed by atoms with Crippen LogP contribution in [0.1, 0.15) is 12.1 Å². The van der Waals surface area contributed by atoms with Gasteiger partial charge in [-0.15, -0.1) is 0 Å². The Morgan fingerprint density at radius 1 is 1.47 bits per heavy atom. The van der Waals surface area contributed by atoms with Crippen LogP contribution in [0.15, 0.2) is 29.1 Å². The van der Waals surface area contributed by atoms with E-state index in [4.69, 9.17) is 11.6 Å². The monoisotopic (exact) mass is 294 g/mol. The first-order valence-corrected chi connectivity index (χ1v) is 7.89. The van der Waals surface area contributed by atoms with Crippen molar-refractivity contribution in [3.63, 3.8) is 0 Å². The molecule has 0 amide bonds. The zero-order valence-corrected chi connectivity index (χ0v) is 12.0. The fraction of sp³-hybridized carbons (Fsp3) is 0.357. The average Bonchev–Trinajstić information content (AvgIpc) is 2.91. The van der Waals surface area contributed by atoms with Gasteiger partial charge in [-0.2, -0.15) is 11.8 Å². The number of halogens is 1. The highest BCUT2D eigenvalue weighted by Gasteiger charge is 2.14. The van der Waals surface area contributed by atoms with Crippen LogP contribution < -0.4 is 10.7 Å². The molecule has 5 heteroatoms. The number of rotatable bonds is 3. The molecule has 3 rings (SSSR count). The van der Waals surface area contributed by atoms with Gasteiger partial charge in [0.2, 0.25) is 0 Å². The number of benzene rings is 1. The number of thioether (sulfide) groups is 1. The third kappa shape index (κ3) is 2.81. The Labute approximate surface area is 120 Å². The molecule has 3 nitrogen and oxygen atoms in total. The molecular formula is C14H15ClN2OS. The second-order valence-electron chi connectivity index (χ2n) is 4.76. The first kappa shape index (κ1) is 13.0. The number of para-hydroxylation sites is 1. The molecular weight excluding hydrogens is 280 g/mol. The molecule has 0 radical (unpaired) electrons. The van der Waals surface area contributed by atoms with Crippen LogP contribution in [-0.4, -0.2) is 22.5 Å². The zero-order chi connectivity index (χ0) is 13.2. The van der Waals surface area contributed by atoms with Gasteiger partial charge in [0.15, 0.2) is 5.43 Å². The van der Waals surface area contributed by atoms with Gasteiger partial charge in [-0.3, -0.25) is 4.79 Å². The predicted octanol–water partition coefficient (Wildman–Crippen LogP) is 2.78. The summed E-state index contributed by atoms with van der Waals surface area (Å²) in [4.78, 5) is 15.3. The molecule has 2 heterocycles. The molecule has 1 aliphatic heterocycles. The molecule has 0 bridgehead atoms. The summed E-state index contributed by atoms with van der Waals surface area (Å²) in [6.45, 7) is 0.682. The molecule has 1 atom stereocenters. The quantitative estimate of drug-likeness (QED) is 0.915. The molecule has 2 N–H and O–H groups in total. The van der Waals surface area contributed by atoms with Crippen molar-refractivity contribution in [2.24, 2.45) is 0 Å². The van der Waals surface area contributed by atoms with Gasteiger partial charge in [0.25, 0.3) is 0 Å². The van der Waals surface area contributed by atoms with E-state index in [-0.39, 0.29) is 5.43 Å². The molecule has 1 aliphatic rings. The van der Waals surface area contributed by atoms with Gasteiger partial charge in [0.05, 0.1) is 10.5 Å². The van der Waals surface area contributed by atoms with Gasteiger partial charge in [0, 0.05) is 35.5 Å². The Bertz CT molecular complexity index is 649. The minimum absolute atomic E-state index is 0.0221. The number of hydrogen-bond donors (Lipinski definition) is 2. The van der Waals surface area contributed by atoms with E-state index in [1.165, 1.54) is 12.2 Å². The second-order valence-corrected chi connectivity index (χ2v) is 6.32. The van der Waals surface area contributed by atoms with Crippen molar-refractivity contribution in [3.8, 4) is 0 Å². The molecule has 0 unspecified atom stereocenters. The number of aromatic nitrogens is 1. The number of aromatic amines is 1. The molecule has 1 aromatic heterocycles. The van der Waals surface area contributed by atoms with Crippen LogP contribution in [-0.2, 0) is 6.54 Å². The van der Waals surface area contributed by atoms with E-state index in [2.05, 4.69) is 10.3 Å². The highest BCUT2D eigenvalue weighted by molar-refractivity contribution is 7.99. The lowest BCUT2D eigenvalue weighted by Crippen LogP contribution is -2.28. The standard InChI is InChI=1S/C14H15ClN2OS/c15-12-3-1-2-11-13(18)6-10(17-14(11)12)7-16-9-4-5-19-8-9/h1-3,6,9,16H,4-5,7-8H2,(H,17,18)/t9-/m1/s1. The molecule has 19 heavy (non-hydrogen) atoms. The van der Waals surface area contributed by atoms with Crippen molar-refractivity contribution in [1.82, 2.24) is 10.3 Å². The topological polar surface area (TPSA) is 44.9 Å². The van der Waals surface area contributed by atoms with E-state index < -0.39 is 0 Å². The normalized spacial score (nSPS) is 19.1. The van der Waals surface area contributed by atoms with E-state index in [1.54, 1.807) is 24.3 Å². The smallest absolute Gasteiger partial charge is 0.189 e. The van der Waals surface area contributed by atoms with E-state index in [0.29, 0.717) is 23.0 Å². The number of nitrogens with one attached hydrogen (secondary N) is 2. The second kappa shape index (κ2) is 5.57. The van der Waals surface area contributed by atoms with Gasteiger partial charge in [-0.1, -0.05) is 17.7 Å². The minimum Gasteiger partial charge on any atom is -0.356 e. The fourth-order valence-corrected chi connectivity index (χ4v) is 3.74. The maximum absolute atomic E-state index is 12.0. The molecule has 100 valence electrons. The highest BCUT2D eigenvalue weighted by atomic mass is 35.5. The molecule has 0 saturated carbocycles. The van der Waals surface area contributed by atoms with Crippen LogP contribution in [0.5, 0.6) is 0 Å². The molecule has 1 saturated heterocycles. The SMILES string of the molecule is O=c1cc(CN[C@@H]2CCSC2)[nH]c2c(Cl)cccc12. The first-order chi connectivity index (χ1) is 9.24. The molecule has 2 aromatic rings. The average molecular weight is 295 g/mol. The summed E-state index contributed by atoms with van der Waals surface area (Å²) >= 11 is 8.10. The van der Waals surface area contributed by atoms with Gasteiger partial charge in [0.1, 0.15) is 0 Å². The largest absolute Gasteiger partial charge is 0.356 e.